The second-order valence-electron chi connectivity index (χ2n) is 1.95. The van der Waals surface area contributed by atoms with Crippen molar-refractivity contribution in [3.05, 3.63) is 34.5 Å². The Balaban J connectivity index is 3.26. The van der Waals surface area contributed by atoms with Crippen molar-refractivity contribution >= 4 is 11.6 Å². The zero-order valence-electron chi connectivity index (χ0n) is 6.01. The molecule has 1 rings (SSSR count). The standard InChI is InChI=1S/C6H5N5O/c7-6(12)4-3-9-2-1-5(4)10-11-8/h1-3H,(H2,7,12). The van der Waals surface area contributed by atoms with Crippen LogP contribution in [0.5, 0.6) is 0 Å². The van der Waals surface area contributed by atoms with Gasteiger partial charge in [0.25, 0.3) is 5.91 Å². The fourth-order valence-corrected chi connectivity index (χ4v) is 0.712. The highest BCUT2D eigenvalue weighted by atomic mass is 16.1. The van der Waals surface area contributed by atoms with Crippen molar-refractivity contribution < 1.29 is 4.79 Å². The van der Waals surface area contributed by atoms with Gasteiger partial charge in [-0.05, 0) is 11.6 Å². The van der Waals surface area contributed by atoms with E-state index >= 15 is 0 Å². The summed E-state index contributed by atoms with van der Waals surface area (Å²) >= 11 is 0. The third-order valence-corrected chi connectivity index (χ3v) is 1.22. The number of hydrogen-bond acceptors (Lipinski definition) is 3. The molecule has 0 spiro atoms. The van der Waals surface area contributed by atoms with Gasteiger partial charge in [0.15, 0.2) is 0 Å². The van der Waals surface area contributed by atoms with Crippen LogP contribution in [0.15, 0.2) is 23.6 Å². The molecule has 60 valence electrons. The van der Waals surface area contributed by atoms with Crippen LogP contribution < -0.4 is 5.73 Å². The summed E-state index contributed by atoms with van der Waals surface area (Å²) in [7, 11) is 0. The Labute approximate surface area is 67.7 Å². The highest BCUT2D eigenvalue weighted by Gasteiger charge is 2.04. The summed E-state index contributed by atoms with van der Waals surface area (Å²) in [5.74, 6) is -0.662. The minimum Gasteiger partial charge on any atom is -0.366 e. The fourth-order valence-electron chi connectivity index (χ4n) is 0.712. The molecule has 1 aromatic heterocycles. The van der Waals surface area contributed by atoms with E-state index in [1.165, 1.54) is 18.5 Å². The van der Waals surface area contributed by atoms with Crippen molar-refractivity contribution in [3.8, 4) is 0 Å². The van der Waals surface area contributed by atoms with Gasteiger partial charge in [-0.25, -0.2) is 0 Å². The number of pyridine rings is 1. The molecule has 6 nitrogen and oxygen atoms in total. The molecule has 0 bridgehead atoms. The van der Waals surface area contributed by atoms with Gasteiger partial charge in [0.1, 0.15) is 0 Å². The number of rotatable bonds is 2. The van der Waals surface area contributed by atoms with Crippen LogP contribution in [-0.4, -0.2) is 10.9 Å². The van der Waals surface area contributed by atoms with Crippen LogP contribution in [0.4, 0.5) is 5.69 Å². The van der Waals surface area contributed by atoms with Crippen LogP contribution >= 0.6 is 0 Å². The van der Waals surface area contributed by atoms with E-state index in [1.54, 1.807) is 0 Å². The highest BCUT2D eigenvalue weighted by Crippen LogP contribution is 2.16. The molecule has 2 N–H and O–H groups in total. The zero-order valence-corrected chi connectivity index (χ0v) is 6.01. The summed E-state index contributed by atoms with van der Waals surface area (Å²) in [6.45, 7) is 0. The number of carbonyl (C=O) groups excluding carboxylic acids is 1. The molecule has 0 aromatic carbocycles. The van der Waals surface area contributed by atoms with Crippen LogP contribution in [0.25, 0.3) is 10.4 Å². The van der Waals surface area contributed by atoms with Crippen LogP contribution in [0.1, 0.15) is 10.4 Å². The van der Waals surface area contributed by atoms with E-state index in [1.807, 2.05) is 0 Å². The van der Waals surface area contributed by atoms with Gasteiger partial charge in [0.2, 0.25) is 0 Å². The number of hydrogen-bond donors (Lipinski definition) is 1. The molecule has 0 saturated heterocycles. The third kappa shape index (κ3) is 1.50. The van der Waals surface area contributed by atoms with Gasteiger partial charge in [-0.2, -0.15) is 0 Å². The van der Waals surface area contributed by atoms with E-state index in [-0.39, 0.29) is 11.3 Å². The second-order valence-corrected chi connectivity index (χ2v) is 1.95. The maximum Gasteiger partial charge on any atom is 0.250 e. The first-order valence-electron chi connectivity index (χ1n) is 3.04. The molecule has 0 fully saturated rings. The molecule has 0 saturated carbocycles. The summed E-state index contributed by atoms with van der Waals surface area (Å²) < 4.78 is 0. The van der Waals surface area contributed by atoms with E-state index in [0.29, 0.717) is 0 Å². The summed E-state index contributed by atoms with van der Waals surface area (Å²) in [5.41, 5.74) is 13.4. The first-order valence-corrected chi connectivity index (χ1v) is 3.04. The van der Waals surface area contributed by atoms with E-state index in [4.69, 9.17) is 11.3 Å². The molecule has 0 aliphatic carbocycles. The van der Waals surface area contributed by atoms with Gasteiger partial charge in [0, 0.05) is 17.3 Å². The number of aromatic nitrogens is 1. The molecule has 6 heteroatoms. The van der Waals surface area contributed by atoms with Crippen molar-refractivity contribution in [2.24, 2.45) is 10.8 Å². The van der Waals surface area contributed by atoms with E-state index < -0.39 is 5.91 Å². The largest absolute Gasteiger partial charge is 0.366 e. The van der Waals surface area contributed by atoms with Crippen LogP contribution in [-0.2, 0) is 0 Å². The molecule has 12 heavy (non-hydrogen) atoms. The van der Waals surface area contributed by atoms with Gasteiger partial charge in [0.05, 0.1) is 11.3 Å². The topological polar surface area (TPSA) is 105 Å². The summed E-state index contributed by atoms with van der Waals surface area (Å²) in [5, 5.41) is 3.27. The Morgan fingerprint density at radius 1 is 1.75 bits per heavy atom. The fraction of sp³-hybridized carbons (Fsp3) is 0. The molecule has 1 heterocycles. The molecule has 1 aromatic rings. The predicted molar refractivity (Wildman–Crippen MR) is 41.6 cm³/mol. The van der Waals surface area contributed by atoms with Crippen LogP contribution in [0.3, 0.4) is 0 Å². The first-order chi connectivity index (χ1) is 5.75. The molecule has 0 radical (unpaired) electrons. The molecule has 1 amide bonds. The third-order valence-electron chi connectivity index (χ3n) is 1.22. The Hall–Kier alpha value is -2.07. The lowest BCUT2D eigenvalue weighted by molar-refractivity contribution is 0.100. The predicted octanol–water partition coefficient (Wildman–Crippen LogP) is 1.12. The Morgan fingerprint density at radius 2 is 2.50 bits per heavy atom. The maximum atomic E-state index is 10.7. The maximum absolute atomic E-state index is 10.7. The lowest BCUT2D eigenvalue weighted by atomic mass is 10.2. The normalized spacial score (nSPS) is 8.67. The van der Waals surface area contributed by atoms with Gasteiger partial charge in [-0.15, -0.1) is 0 Å². The van der Waals surface area contributed by atoms with Crippen LogP contribution in [0, 0.1) is 0 Å². The number of azide groups is 1. The quantitative estimate of drug-likeness (QED) is 0.400. The van der Waals surface area contributed by atoms with Crippen molar-refractivity contribution in [3.63, 3.8) is 0 Å². The van der Waals surface area contributed by atoms with Gasteiger partial charge >= 0.3 is 0 Å². The molecule has 0 atom stereocenters. The minimum atomic E-state index is -0.662. The monoisotopic (exact) mass is 163 g/mol. The Kier molecular flexibility index (Phi) is 2.25. The van der Waals surface area contributed by atoms with E-state index in [0.717, 1.165) is 0 Å². The lowest BCUT2D eigenvalue weighted by Crippen LogP contribution is -2.11. The Morgan fingerprint density at radius 3 is 3.08 bits per heavy atom. The molecular weight excluding hydrogens is 158 g/mol. The number of amides is 1. The SMILES string of the molecule is [N-]=[N+]=Nc1ccncc1C(N)=O. The van der Waals surface area contributed by atoms with Crippen molar-refractivity contribution in [1.82, 2.24) is 4.98 Å². The Bertz CT molecular complexity index is 334. The number of carbonyl (C=O) groups is 1. The van der Waals surface area contributed by atoms with E-state index in [9.17, 15) is 4.79 Å². The lowest BCUT2D eigenvalue weighted by Gasteiger charge is -1.96. The van der Waals surface area contributed by atoms with Crippen molar-refractivity contribution in [1.29, 1.82) is 0 Å². The smallest absolute Gasteiger partial charge is 0.250 e. The summed E-state index contributed by atoms with van der Waals surface area (Å²) in [6, 6.07) is 1.42. The first kappa shape index (κ1) is 8.03. The van der Waals surface area contributed by atoms with Gasteiger partial charge in [-0.1, -0.05) is 5.11 Å². The molecule has 0 aliphatic rings. The van der Waals surface area contributed by atoms with E-state index in [2.05, 4.69) is 15.0 Å². The zero-order chi connectivity index (χ0) is 8.97. The van der Waals surface area contributed by atoms with Gasteiger partial charge in [-0.3, -0.25) is 9.78 Å². The highest BCUT2D eigenvalue weighted by molar-refractivity contribution is 5.97. The van der Waals surface area contributed by atoms with Crippen molar-refractivity contribution in [2.45, 2.75) is 0 Å². The molecule has 0 aliphatic heterocycles. The van der Waals surface area contributed by atoms with Crippen LogP contribution in [0.2, 0.25) is 0 Å². The number of nitrogens with zero attached hydrogens (tertiary/aromatic N) is 4. The molecule has 0 unspecified atom stereocenters. The average molecular weight is 163 g/mol. The number of nitrogens with two attached hydrogens (primary N) is 1. The minimum absolute atomic E-state index is 0.121. The number of primary amides is 1. The molecular formula is C6H5N5O. The summed E-state index contributed by atoms with van der Waals surface area (Å²) in [6.07, 6.45) is 2.67. The summed E-state index contributed by atoms with van der Waals surface area (Å²) in [4.78, 5) is 16.9. The van der Waals surface area contributed by atoms with Crippen molar-refractivity contribution in [2.75, 3.05) is 0 Å². The van der Waals surface area contributed by atoms with Gasteiger partial charge < -0.3 is 5.73 Å². The second kappa shape index (κ2) is 3.36. The average Bonchev–Trinajstić information content (AvgIpc) is 2.05.